The van der Waals surface area contributed by atoms with Crippen LogP contribution in [0, 0.1) is 5.92 Å². The molecule has 2 unspecified atom stereocenters. The third-order valence-electron chi connectivity index (χ3n) is 4.62. The summed E-state index contributed by atoms with van der Waals surface area (Å²) in [6.07, 6.45) is 20.4. The first-order valence-corrected chi connectivity index (χ1v) is 9.84. The maximum Gasteiger partial charge on any atom is 0.0512 e. The molecule has 1 N–H and O–H groups in total. The third-order valence-corrected chi connectivity index (χ3v) is 4.62. The quantitative estimate of drug-likeness (QED) is 0.308. The molecule has 0 bridgehead atoms. The molecule has 0 rings (SSSR count). The Hall–Kier alpha value is -0.0400. The summed E-state index contributed by atoms with van der Waals surface area (Å²) in [5.41, 5.74) is 0. The highest BCUT2D eigenvalue weighted by Crippen LogP contribution is 2.18. The van der Waals surface area contributed by atoms with Crippen molar-refractivity contribution >= 4 is 0 Å². The van der Waals surface area contributed by atoms with Gasteiger partial charge in [0.2, 0.25) is 0 Å². The van der Waals surface area contributed by atoms with E-state index >= 15 is 0 Å². The average molecular weight is 299 g/mol. The molecule has 0 amide bonds. The molecule has 0 aromatic carbocycles. The molecular formula is C20H42O. The van der Waals surface area contributed by atoms with E-state index in [1.807, 2.05) is 6.92 Å². The highest BCUT2D eigenvalue weighted by Gasteiger charge is 2.01. The van der Waals surface area contributed by atoms with Crippen LogP contribution >= 0.6 is 0 Å². The van der Waals surface area contributed by atoms with Gasteiger partial charge >= 0.3 is 0 Å². The maximum absolute atomic E-state index is 9.17. The number of aliphatic hydroxyl groups is 1. The molecular weight excluding hydrogens is 256 g/mol. The summed E-state index contributed by atoms with van der Waals surface area (Å²) >= 11 is 0. The summed E-state index contributed by atoms with van der Waals surface area (Å²) < 4.78 is 0. The van der Waals surface area contributed by atoms with Gasteiger partial charge in [0.15, 0.2) is 0 Å². The smallest absolute Gasteiger partial charge is 0.0512 e. The van der Waals surface area contributed by atoms with Crippen LogP contribution in [-0.2, 0) is 0 Å². The Morgan fingerprint density at radius 3 is 1.38 bits per heavy atom. The van der Waals surface area contributed by atoms with E-state index in [-0.39, 0.29) is 6.10 Å². The van der Waals surface area contributed by atoms with Crippen LogP contribution in [-0.4, -0.2) is 11.2 Å². The van der Waals surface area contributed by atoms with Crippen LogP contribution in [0.25, 0.3) is 0 Å². The molecule has 2 atom stereocenters. The zero-order chi connectivity index (χ0) is 15.8. The zero-order valence-electron chi connectivity index (χ0n) is 15.2. The fraction of sp³-hybridized carbons (Fsp3) is 1.00. The van der Waals surface area contributed by atoms with Crippen LogP contribution in [0.2, 0.25) is 0 Å². The van der Waals surface area contributed by atoms with E-state index in [4.69, 9.17) is 0 Å². The van der Waals surface area contributed by atoms with Gasteiger partial charge in [-0.05, 0) is 19.3 Å². The van der Waals surface area contributed by atoms with Gasteiger partial charge in [0.1, 0.15) is 0 Å². The Bertz CT molecular complexity index is 188. The van der Waals surface area contributed by atoms with Gasteiger partial charge < -0.3 is 5.11 Å². The summed E-state index contributed by atoms with van der Waals surface area (Å²) in [7, 11) is 0. The maximum atomic E-state index is 9.17. The summed E-state index contributed by atoms with van der Waals surface area (Å²) in [5, 5.41) is 9.17. The molecule has 0 saturated heterocycles. The average Bonchev–Trinajstić information content (AvgIpc) is 2.44. The fourth-order valence-corrected chi connectivity index (χ4v) is 3.06. The second kappa shape index (κ2) is 16.3. The van der Waals surface area contributed by atoms with Gasteiger partial charge in [-0.25, -0.2) is 0 Å². The monoisotopic (exact) mass is 298 g/mol. The van der Waals surface area contributed by atoms with Gasteiger partial charge in [0.05, 0.1) is 6.10 Å². The Kier molecular flexibility index (Phi) is 16.3. The Balaban J connectivity index is 3.08. The van der Waals surface area contributed by atoms with Crippen LogP contribution < -0.4 is 0 Å². The minimum atomic E-state index is -0.102. The number of unbranched alkanes of at least 4 members (excludes halogenated alkanes) is 10. The van der Waals surface area contributed by atoms with E-state index in [9.17, 15) is 5.11 Å². The van der Waals surface area contributed by atoms with Crippen molar-refractivity contribution in [2.45, 2.75) is 123 Å². The topological polar surface area (TPSA) is 20.2 Å². The van der Waals surface area contributed by atoms with E-state index in [0.717, 1.165) is 12.3 Å². The van der Waals surface area contributed by atoms with E-state index in [0.29, 0.717) is 0 Å². The predicted molar refractivity (Wildman–Crippen MR) is 95.8 cm³/mol. The normalized spacial score (nSPS) is 14.3. The van der Waals surface area contributed by atoms with Crippen LogP contribution in [0.5, 0.6) is 0 Å². The largest absolute Gasteiger partial charge is 0.393 e. The van der Waals surface area contributed by atoms with Crippen molar-refractivity contribution in [1.29, 1.82) is 0 Å². The fourth-order valence-electron chi connectivity index (χ4n) is 3.06. The molecule has 0 aliphatic rings. The van der Waals surface area contributed by atoms with Crippen molar-refractivity contribution in [2.24, 2.45) is 5.92 Å². The lowest BCUT2D eigenvalue weighted by Crippen LogP contribution is -1.98. The summed E-state index contributed by atoms with van der Waals surface area (Å²) in [4.78, 5) is 0. The van der Waals surface area contributed by atoms with Crippen molar-refractivity contribution in [2.75, 3.05) is 0 Å². The van der Waals surface area contributed by atoms with E-state index in [2.05, 4.69) is 13.8 Å². The molecule has 0 aromatic heterocycles. The Morgan fingerprint density at radius 2 is 0.952 bits per heavy atom. The number of aliphatic hydroxyl groups excluding tert-OH is 1. The van der Waals surface area contributed by atoms with Gasteiger partial charge in [-0.3, -0.25) is 0 Å². The van der Waals surface area contributed by atoms with Crippen molar-refractivity contribution in [3.8, 4) is 0 Å². The molecule has 1 nitrogen and oxygen atoms in total. The second-order valence-electron chi connectivity index (χ2n) is 7.21. The van der Waals surface area contributed by atoms with Crippen LogP contribution in [0.3, 0.4) is 0 Å². The summed E-state index contributed by atoms with van der Waals surface area (Å²) in [6.45, 7) is 6.62. The molecule has 0 radical (unpaired) electrons. The number of hydrogen-bond donors (Lipinski definition) is 1. The van der Waals surface area contributed by atoms with Crippen LogP contribution in [0.15, 0.2) is 0 Å². The second-order valence-corrected chi connectivity index (χ2v) is 7.21. The van der Waals surface area contributed by atoms with Gasteiger partial charge in [0.25, 0.3) is 0 Å². The highest BCUT2D eigenvalue weighted by atomic mass is 16.3. The predicted octanol–water partition coefficient (Wildman–Crippen LogP) is 6.87. The van der Waals surface area contributed by atoms with Crippen molar-refractivity contribution in [3.63, 3.8) is 0 Å². The lowest BCUT2D eigenvalue weighted by molar-refractivity contribution is 0.180. The lowest BCUT2D eigenvalue weighted by Gasteiger charge is -2.10. The van der Waals surface area contributed by atoms with E-state index in [1.165, 1.54) is 89.9 Å². The molecule has 0 aromatic rings. The summed E-state index contributed by atoms with van der Waals surface area (Å²) in [6, 6.07) is 0. The molecule has 0 fully saturated rings. The number of hydrogen-bond acceptors (Lipinski definition) is 1. The summed E-state index contributed by atoms with van der Waals surface area (Å²) in [5.74, 6) is 0.950. The molecule has 0 saturated carbocycles. The lowest BCUT2D eigenvalue weighted by atomic mass is 9.96. The van der Waals surface area contributed by atoms with Gasteiger partial charge in [-0.1, -0.05) is 104 Å². The standard InChI is InChI=1S/C20H42O/c1-4-5-13-16-19(2)17-14-11-9-7-6-8-10-12-15-18-20(3)21/h19-21H,4-18H2,1-3H3. The molecule has 128 valence electrons. The van der Waals surface area contributed by atoms with Crippen molar-refractivity contribution in [1.82, 2.24) is 0 Å². The van der Waals surface area contributed by atoms with Gasteiger partial charge in [-0.15, -0.1) is 0 Å². The third kappa shape index (κ3) is 17.9. The Labute approximate surface area is 134 Å². The first-order chi connectivity index (χ1) is 10.2. The minimum Gasteiger partial charge on any atom is -0.393 e. The van der Waals surface area contributed by atoms with Gasteiger partial charge in [-0.2, -0.15) is 0 Å². The van der Waals surface area contributed by atoms with Crippen LogP contribution in [0.1, 0.15) is 117 Å². The molecule has 21 heavy (non-hydrogen) atoms. The van der Waals surface area contributed by atoms with Crippen molar-refractivity contribution < 1.29 is 5.11 Å². The molecule has 1 heteroatoms. The first-order valence-electron chi connectivity index (χ1n) is 9.84. The van der Waals surface area contributed by atoms with Crippen LogP contribution in [0.4, 0.5) is 0 Å². The molecule has 0 heterocycles. The Morgan fingerprint density at radius 1 is 0.571 bits per heavy atom. The molecule has 0 aliphatic heterocycles. The number of rotatable bonds is 16. The van der Waals surface area contributed by atoms with E-state index in [1.54, 1.807) is 0 Å². The van der Waals surface area contributed by atoms with Gasteiger partial charge in [0, 0.05) is 0 Å². The highest BCUT2D eigenvalue weighted by molar-refractivity contribution is 4.55. The zero-order valence-corrected chi connectivity index (χ0v) is 15.2. The van der Waals surface area contributed by atoms with E-state index < -0.39 is 0 Å². The minimum absolute atomic E-state index is 0.102. The SMILES string of the molecule is CCCCCC(C)CCCCCCCCCCCC(C)O. The molecule has 0 aliphatic carbocycles. The molecule has 0 spiro atoms. The first kappa shape index (κ1) is 21.0. The van der Waals surface area contributed by atoms with Crippen molar-refractivity contribution in [3.05, 3.63) is 0 Å².